The molecule has 0 bridgehead atoms. The van der Waals surface area contributed by atoms with Crippen LogP contribution in [-0.4, -0.2) is 31.1 Å². The van der Waals surface area contributed by atoms with E-state index in [0.717, 1.165) is 36.2 Å². The van der Waals surface area contributed by atoms with Crippen LogP contribution in [0.5, 0.6) is 0 Å². The molecule has 0 saturated carbocycles. The monoisotopic (exact) mass is 354 g/mol. The Morgan fingerprint density at radius 2 is 2.00 bits per heavy atom. The lowest BCUT2D eigenvalue weighted by Crippen LogP contribution is -2.45. The van der Waals surface area contributed by atoms with Crippen molar-refractivity contribution >= 4 is 27.3 Å². The number of benzene rings is 1. The first kappa shape index (κ1) is 14.2. The second-order valence-electron chi connectivity index (χ2n) is 4.84. The largest absolute Gasteiger partial charge is 0.314 e. The minimum absolute atomic E-state index is 0.00678. The zero-order chi connectivity index (χ0) is 13.9. The highest BCUT2D eigenvalue weighted by Gasteiger charge is 2.28. The van der Waals surface area contributed by atoms with Crippen LogP contribution in [0.2, 0.25) is 0 Å². The van der Waals surface area contributed by atoms with Crippen molar-refractivity contribution < 1.29 is 4.39 Å². The van der Waals surface area contributed by atoms with Crippen LogP contribution in [0, 0.1) is 5.82 Å². The molecule has 3 rings (SSSR count). The van der Waals surface area contributed by atoms with Crippen LogP contribution in [0.4, 0.5) is 4.39 Å². The van der Waals surface area contributed by atoms with Crippen molar-refractivity contribution in [3.8, 4) is 0 Å². The number of hydrogen-bond donors (Lipinski definition) is 1. The molecular formula is C15H16BrFN2S. The zero-order valence-corrected chi connectivity index (χ0v) is 13.4. The Morgan fingerprint density at radius 3 is 2.65 bits per heavy atom. The van der Waals surface area contributed by atoms with Crippen molar-refractivity contribution in [1.82, 2.24) is 10.2 Å². The van der Waals surface area contributed by atoms with Crippen LogP contribution >= 0.6 is 27.3 Å². The lowest BCUT2D eigenvalue weighted by molar-refractivity contribution is 0.197. The SMILES string of the molecule is Fc1cccc(Br)c1[C@H](c1cccs1)N1CCNCC1. The fraction of sp³-hybridized carbons (Fsp3) is 0.333. The summed E-state index contributed by atoms with van der Waals surface area (Å²) in [6.45, 7) is 3.77. The van der Waals surface area contributed by atoms with E-state index >= 15 is 0 Å². The Balaban J connectivity index is 2.05. The highest BCUT2D eigenvalue weighted by atomic mass is 79.9. The molecule has 0 unspecified atom stereocenters. The van der Waals surface area contributed by atoms with Gasteiger partial charge in [0.25, 0.3) is 0 Å². The molecule has 1 aromatic heterocycles. The van der Waals surface area contributed by atoms with Gasteiger partial charge in [-0.05, 0) is 23.6 Å². The Hall–Kier alpha value is -0.750. The van der Waals surface area contributed by atoms with Crippen molar-refractivity contribution in [3.05, 3.63) is 56.4 Å². The molecule has 0 radical (unpaired) electrons. The first-order valence-corrected chi connectivity index (χ1v) is 8.36. The minimum Gasteiger partial charge on any atom is -0.314 e. The molecule has 106 valence electrons. The molecule has 5 heteroatoms. The first-order chi connectivity index (χ1) is 9.77. The van der Waals surface area contributed by atoms with Crippen molar-refractivity contribution in [2.75, 3.05) is 26.2 Å². The van der Waals surface area contributed by atoms with E-state index in [9.17, 15) is 4.39 Å². The first-order valence-electron chi connectivity index (χ1n) is 6.69. The fourth-order valence-corrected chi connectivity index (χ4v) is 4.09. The Labute approximate surface area is 130 Å². The van der Waals surface area contributed by atoms with E-state index in [-0.39, 0.29) is 11.9 Å². The van der Waals surface area contributed by atoms with E-state index in [1.807, 2.05) is 12.1 Å². The van der Waals surface area contributed by atoms with Gasteiger partial charge in [0.15, 0.2) is 0 Å². The molecule has 0 spiro atoms. The standard InChI is InChI=1S/C15H16BrFN2S/c16-11-3-1-4-12(17)14(11)15(13-5-2-10-20-13)19-8-6-18-7-9-19/h1-5,10,15,18H,6-9H2/t15-/m0/s1. The molecule has 2 heterocycles. The predicted octanol–water partition coefficient (Wildman–Crippen LogP) is 3.64. The number of nitrogens with one attached hydrogen (secondary N) is 1. The van der Waals surface area contributed by atoms with Gasteiger partial charge in [-0.3, -0.25) is 4.90 Å². The normalized spacial score (nSPS) is 18.1. The van der Waals surface area contributed by atoms with Crippen molar-refractivity contribution in [1.29, 1.82) is 0 Å². The van der Waals surface area contributed by atoms with Crippen LogP contribution in [0.1, 0.15) is 16.5 Å². The lowest BCUT2D eigenvalue weighted by Gasteiger charge is -2.35. The van der Waals surface area contributed by atoms with Gasteiger partial charge in [-0.1, -0.05) is 28.1 Å². The molecule has 2 nitrogen and oxygen atoms in total. The van der Waals surface area contributed by atoms with Gasteiger partial charge in [-0.2, -0.15) is 0 Å². The second kappa shape index (κ2) is 6.35. The smallest absolute Gasteiger partial charge is 0.129 e. The second-order valence-corrected chi connectivity index (χ2v) is 6.67. The summed E-state index contributed by atoms with van der Waals surface area (Å²) >= 11 is 5.21. The van der Waals surface area contributed by atoms with E-state index in [1.54, 1.807) is 23.5 Å². The summed E-state index contributed by atoms with van der Waals surface area (Å²) in [5, 5.41) is 5.41. The van der Waals surface area contributed by atoms with Gasteiger partial charge in [0.05, 0.1) is 6.04 Å². The third-order valence-electron chi connectivity index (χ3n) is 3.60. The number of halogens is 2. The van der Waals surface area contributed by atoms with E-state index in [1.165, 1.54) is 4.88 Å². The molecule has 1 aliphatic heterocycles. The summed E-state index contributed by atoms with van der Waals surface area (Å²) in [6, 6.07) is 9.32. The third kappa shape index (κ3) is 2.81. The maximum absolute atomic E-state index is 14.4. The molecular weight excluding hydrogens is 339 g/mol. The Kier molecular flexibility index (Phi) is 4.51. The summed E-state index contributed by atoms with van der Waals surface area (Å²) < 4.78 is 15.2. The molecule has 1 aliphatic rings. The molecule has 1 saturated heterocycles. The summed E-state index contributed by atoms with van der Waals surface area (Å²) in [7, 11) is 0. The zero-order valence-electron chi connectivity index (χ0n) is 11.0. The van der Waals surface area contributed by atoms with Crippen molar-refractivity contribution in [2.45, 2.75) is 6.04 Å². The molecule has 1 atom stereocenters. The lowest BCUT2D eigenvalue weighted by atomic mass is 10.0. The van der Waals surface area contributed by atoms with Crippen LogP contribution in [0.3, 0.4) is 0 Å². The summed E-state index contributed by atoms with van der Waals surface area (Å²) in [4.78, 5) is 3.54. The van der Waals surface area contributed by atoms with Crippen molar-refractivity contribution in [2.24, 2.45) is 0 Å². The Morgan fingerprint density at radius 1 is 1.20 bits per heavy atom. The van der Waals surface area contributed by atoms with E-state index < -0.39 is 0 Å². The molecule has 1 aromatic carbocycles. The van der Waals surface area contributed by atoms with Crippen LogP contribution in [-0.2, 0) is 0 Å². The highest BCUT2D eigenvalue weighted by Crippen LogP contribution is 2.37. The fourth-order valence-electron chi connectivity index (χ4n) is 2.66. The van der Waals surface area contributed by atoms with Gasteiger partial charge in [0, 0.05) is 41.1 Å². The number of rotatable bonds is 3. The van der Waals surface area contributed by atoms with Crippen LogP contribution in [0.15, 0.2) is 40.2 Å². The molecule has 1 fully saturated rings. The molecule has 2 aromatic rings. The van der Waals surface area contributed by atoms with Gasteiger partial charge < -0.3 is 5.32 Å². The van der Waals surface area contributed by atoms with E-state index in [0.29, 0.717) is 0 Å². The maximum Gasteiger partial charge on any atom is 0.129 e. The van der Waals surface area contributed by atoms with Gasteiger partial charge in [-0.15, -0.1) is 11.3 Å². The summed E-state index contributed by atoms with van der Waals surface area (Å²) in [5.41, 5.74) is 0.747. The quantitative estimate of drug-likeness (QED) is 0.904. The topological polar surface area (TPSA) is 15.3 Å². The highest BCUT2D eigenvalue weighted by molar-refractivity contribution is 9.10. The number of piperazine rings is 1. The van der Waals surface area contributed by atoms with E-state index in [4.69, 9.17) is 0 Å². The summed E-state index contributed by atoms with van der Waals surface area (Å²) in [5.74, 6) is -0.142. The van der Waals surface area contributed by atoms with Gasteiger partial charge in [-0.25, -0.2) is 4.39 Å². The van der Waals surface area contributed by atoms with Crippen LogP contribution in [0.25, 0.3) is 0 Å². The average molecular weight is 355 g/mol. The molecule has 1 N–H and O–H groups in total. The van der Waals surface area contributed by atoms with Gasteiger partial charge in [0.2, 0.25) is 0 Å². The van der Waals surface area contributed by atoms with Crippen molar-refractivity contribution in [3.63, 3.8) is 0 Å². The third-order valence-corrected chi connectivity index (χ3v) is 5.22. The number of nitrogens with zero attached hydrogens (tertiary/aromatic N) is 1. The predicted molar refractivity (Wildman–Crippen MR) is 84.7 cm³/mol. The minimum atomic E-state index is -0.142. The molecule has 20 heavy (non-hydrogen) atoms. The number of hydrogen-bond acceptors (Lipinski definition) is 3. The average Bonchev–Trinajstić information content (AvgIpc) is 2.98. The number of thiophene rings is 1. The van der Waals surface area contributed by atoms with E-state index in [2.05, 4.69) is 37.6 Å². The van der Waals surface area contributed by atoms with Gasteiger partial charge in [0.1, 0.15) is 5.82 Å². The summed E-state index contributed by atoms with van der Waals surface area (Å²) in [6.07, 6.45) is 0. The van der Waals surface area contributed by atoms with Gasteiger partial charge >= 0.3 is 0 Å². The maximum atomic E-state index is 14.4. The Bertz CT molecular complexity index is 547. The van der Waals surface area contributed by atoms with Crippen LogP contribution < -0.4 is 5.32 Å². The molecule has 0 aliphatic carbocycles. The molecule has 0 amide bonds.